The van der Waals surface area contributed by atoms with Crippen LogP contribution >= 0.6 is 6.70 Å². The molecule has 0 fully saturated rings. The summed E-state index contributed by atoms with van der Waals surface area (Å²) in [6, 6.07) is 0. The maximum absolute atomic E-state index is 5.20. The van der Waals surface area contributed by atoms with Gasteiger partial charge in [0.05, 0.1) is 0 Å². The van der Waals surface area contributed by atoms with Crippen molar-refractivity contribution in [2.75, 3.05) is 12.3 Å². The van der Waals surface area contributed by atoms with E-state index < -0.39 is 0 Å². The first kappa shape index (κ1) is 8.52. The lowest BCUT2D eigenvalue weighted by Gasteiger charge is -1.96. The molecule has 0 atom stereocenters. The summed E-state index contributed by atoms with van der Waals surface area (Å²) >= 11 is 5.20. The number of hydrogen-bond donors (Lipinski definition) is 0. The standard InChI is InChI=1S/C6H14PS/c1-3-5-7(8)6-4-2/h3-6H2,1-2H3. The van der Waals surface area contributed by atoms with Crippen LogP contribution in [0.2, 0.25) is 0 Å². The molecule has 0 spiro atoms. The highest BCUT2D eigenvalue weighted by molar-refractivity contribution is 8.05. The fourth-order valence-corrected chi connectivity index (χ4v) is 2.93. The second-order valence-corrected chi connectivity index (χ2v) is 5.34. The molecule has 8 heavy (non-hydrogen) atoms. The molecule has 1 radical (unpaired) electrons. The highest BCUT2D eigenvalue weighted by Crippen LogP contribution is 2.21. The Balaban J connectivity index is 3.06. The second kappa shape index (κ2) is 5.65. The van der Waals surface area contributed by atoms with Crippen molar-refractivity contribution < 1.29 is 0 Å². The normalized spacial score (nSPS) is 9.25. The summed E-state index contributed by atoms with van der Waals surface area (Å²) in [5, 5.41) is 0. The van der Waals surface area contributed by atoms with Crippen LogP contribution in [0.5, 0.6) is 0 Å². The number of rotatable bonds is 4. The zero-order chi connectivity index (χ0) is 6.41. The van der Waals surface area contributed by atoms with Crippen molar-refractivity contribution in [1.82, 2.24) is 0 Å². The van der Waals surface area contributed by atoms with Gasteiger partial charge >= 0.3 is 0 Å². The van der Waals surface area contributed by atoms with Gasteiger partial charge in [-0.05, 0) is 25.2 Å². The van der Waals surface area contributed by atoms with Crippen LogP contribution in [0.25, 0.3) is 0 Å². The molecule has 0 aliphatic rings. The zero-order valence-electron chi connectivity index (χ0n) is 5.68. The summed E-state index contributed by atoms with van der Waals surface area (Å²) in [5.41, 5.74) is 0. The molecule has 0 amide bonds. The van der Waals surface area contributed by atoms with Crippen molar-refractivity contribution in [2.45, 2.75) is 26.7 Å². The third kappa shape index (κ3) is 4.67. The maximum Gasteiger partial charge on any atom is -0.00831 e. The van der Waals surface area contributed by atoms with Crippen molar-refractivity contribution >= 4 is 18.5 Å². The van der Waals surface area contributed by atoms with Crippen LogP contribution in [0.15, 0.2) is 0 Å². The predicted octanol–water partition coefficient (Wildman–Crippen LogP) is 2.75. The van der Waals surface area contributed by atoms with E-state index in [-0.39, 0.29) is 6.70 Å². The molecule has 2 heteroatoms. The van der Waals surface area contributed by atoms with Crippen LogP contribution in [0.4, 0.5) is 0 Å². The van der Waals surface area contributed by atoms with Crippen LogP contribution in [0.3, 0.4) is 0 Å². The van der Waals surface area contributed by atoms with E-state index in [0.29, 0.717) is 0 Å². The Bertz CT molecular complexity index is 62.9. The topological polar surface area (TPSA) is 0 Å². The summed E-state index contributed by atoms with van der Waals surface area (Å²) in [6.07, 6.45) is 5.13. The Labute approximate surface area is 58.1 Å². The predicted molar refractivity (Wildman–Crippen MR) is 44.6 cm³/mol. The molecule has 0 saturated heterocycles. The lowest BCUT2D eigenvalue weighted by molar-refractivity contribution is 1.06. The van der Waals surface area contributed by atoms with Crippen LogP contribution in [-0.2, 0) is 11.8 Å². The van der Waals surface area contributed by atoms with Crippen molar-refractivity contribution in [2.24, 2.45) is 0 Å². The minimum absolute atomic E-state index is 0.00257. The molecular weight excluding hydrogens is 135 g/mol. The monoisotopic (exact) mass is 149 g/mol. The second-order valence-electron chi connectivity index (χ2n) is 1.93. The smallest absolute Gasteiger partial charge is 0.00831 e. The lowest BCUT2D eigenvalue weighted by atomic mass is 10.6. The van der Waals surface area contributed by atoms with Crippen molar-refractivity contribution in [3.05, 3.63) is 0 Å². The van der Waals surface area contributed by atoms with Crippen molar-refractivity contribution in [3.8, 4) is 0 Å². The molecule has 0 bridgehead atoms. The van der Waals surface area contributed by atoms with E-state index in [1.807, 2.05) is 0 Å². The molecule has 0 N–H and O–H groups in total. The molecule has 0 saturated carbocycles. The summed E-state index contributed by atoms with van der Waals surface area (Å²) in [4.78, 5) is 0. The fraction of sp³-hybridized carbons (Fsp3) is 1.00. The molecule has 0 aromatic rings. The zero-order valence-corrected chi connectivity index (χ0v) is 7.39. The highest BCUT2D eigenvalue weighted by atomic mass is 32.4. The van der Waals surface area contributed by atoms with Crippen LogP contribution in [0, 0.1) is 0 Å². The quantitative estimate of drug-likeness (QED) is 0.554. The molecule has 49 valence electrons. The van der Waals surface area contributed by atoms with Gasteiger partial charge in [0, 0.05) is 0 Å². The fourth-order valence-electron chi connectivity index (χ4n) is 0.611. The van der Waals surface area contributed by atoms with Gasteiger partial charge < -0.3 is 0 Å². The lowest BCUT2D eigenvalue weighted by Crippen LogP contribution is -1.77. The van der Waals surface area contributed by atoms with Gasteiger partial charge in [-0.3, -0.25) is 0 Å². The molecule has 0 aliphatic heterocycles. The summed E-state index contributed by atoms with van der Waals surface area (Å²) < 4.78 is 0. The maximum atomic E-state index is 5.20. The first-order chi connectivity index (χ1) is 3.81. The molecule has 0 nitrogen and oxygen atoms in total. The van der Waals surface area contributed by atoms with Gasteiger partial charge in [0.15, 0.2) is 0 Å². The van der Waals surface area contributed by atoms with Gasteiger partial charge in [0.1, 0.15) is 0 Å². The Morgan fingerprint density at radius 3 is 1.75 bits per heavy atom. The van der Waals surface area contributed by atoms with Crippen molar-refractivity contribution in [3.63, 3.8) is 0 Å². The molecule has 0 aromatic heterocycles. The SMILES string of the molecule is CCC[P](=S)CCC. The molecule has 0 heterocycles. The molecule has 0 aromatic carbocycles. The van der Waals surface area contributed by atoms with Gasteiger partial charge in [-0.2, -0.15) is 0 Å². The molecule has 0 aliphatic carbocycles. The first-order valence-corrected chi connectivity index (χ1v) is 5.95. The minimum atomic E-state index is 0.00257. The minimum Gasteiger partial charge on any atom is -0.0809 e. The van der Waals surface area contributed by atoms with Gasteiger partial charge in [0.2, 0.25) is 0 Å². The molecular formula is C6H14PS. The van der Waals surface area contributed by atoms with E-state index >= 15 is 0 Å². The third-order valence-electron chi connectivity index (χ3n) is 0.946. The average molecular weight is 149 g/mol. The summed E-state index contributed by atoms with van der Waals surface area (Å²) in [6.45, 7) is 4.41. The average Bonchev–Trinajstić information content (AvgIpc) is 1.68. The largest absolute Gasteiger partial charge is 0.0809 e. The van der Waals surface area contributed by atoms with Crippen LogP contribution < -0.4 is 0 Å². The van der Waals surface area contributed by atoms with Gasteiger partial charge in [-0.25, -0.2) is 0 Å². The molecule has 0 unspecified atom stereocenters. The van der Waals surface area contributed by atoms with Crippen LogP contribution in [0.1, 0.15) is 26.7 Å². The third-order valence-corrected chi connectivity index (χ3v) is 3.93. The van der Waals surface area contributed by atoms with Gasteiger partial charge in [-0.1, -0.05) is 32.4 Å². The van der Waals surface area contributed by atoms with E-state index in [2.05, 4.69) is 13.8 Å². The summed E-state index contributed by atoms with van der Waals surface area (Å²) in [7, 11) is 0. The van der Waals surface area contributed by atoms with E-state index in [1.54, 1.807) is 0 Å². The van der Waals surface area contributed by atoms with Gasteiger partial charge in [-0.15, -0.1) is 0 Å². The Morgan fingerprint density at radius 2 is 1.50 bits per heavy atom. The first-order valence-electron chi connectivity index (χ1n) is 3.23. The van der Waals surface area contributed by atoms with E-state index in [9.17, 15) is 0 Å². The van der Waals surface area contributed by atoms with Crippen molar-refractivity contribution in [1.29, 1.82) is 0 Å². The Kier molecular flexibility index (Phi) is 6.02. The van der Waals surface area contributed by atoms with Crippen LogP contribution in [-0.4, -0.2) is 12.3 Å². The highest BCUT2D eigenvalue weighted by Gasteiger charge is 1.88. The summed E-state index contributed by atoms with van der Waals surface area (Å²) in [5.74, 6) is 0. The Morgan fingerprint density at radius 1 is 1.12 bits per heavy atom. The van der Waals surface area contributed by atoms with E-state index in [4.69, 9.17) is 11.8 Å². The number of hydrogen-bond acceptors (Lipinski definition) is 1. The molecule has 0 rings (SSSR count). The van der Waals surface area contributed by atoms with Gasteiger partial charge in [0.25, 0.3) is 0 Å². The van der Waals surface area contributed by atoms with E-state index in [1.165, 1.54) is 25.2 Å². The Hall–Kier alpha value is 0.520. The van der Waals surface area contributed by atoms with E-state index in [0.717, 1.165) is 0 Å².